The van der Waals surface area contributed by atoms with E-state index >= 15 is 0 Å². The van der Waals surface area contributed by atoms with Crippen LogP contribution in [0.25, 0.3) is 0 Å². The molecule has 0 aliphatic carbocycles. The van der Waals surface area contributed by atoms with E-state index in [2.05, 4.69) is 20.4 Å². The van der Waals surface area contributed by atoms with Crippen LogP contribution in [0.15, 0.2) is 36.5 Å². The molecule has 0 atom stereocenters. The van der Waals surface area contributed by atoms with Crippen LogP contribution in [0.2, 0.25) is 5.02 Å². The van der Waals surface area contributed by atoms with Crippen molar-refractivity contribution in [3.8, 4) is 0 Å². The van der Waals surface area contributed by atoms with Crippen molar-refractivity contribution in [2.75, 3.05) is 38.0 Å². The SMILES string of the molecule is COCCCNc1ccc(C(=O)Nc2cc(C(=O)OC)ccc2Cl)cn1. The van der Waals surface area contributed by atoms with Gasteiger partial charge in [-0.2, -0.15) is 0 Å². The third-order valence-electron chi connectivity index (χ3n) is 3.49. The second-order valence-corrected chi connectivity index (χ2v) is 5.75. The zero-order chi connectivity index (χ0) is 18.9. The molecule has 26 heavy (non-hydrogen) atoms. The molecular formula is C18H20ClN3O4. The molecule has 0 saturated carbocycles. The molecule has 0 saturated heterocycles. The highest BCUT2D eigenvalue weighted by atomic mass is 35.5. The molecule has 0 bridgehead atoms. The van der Waals surface area contributed by atoms with Crippen molar-refractivity contribution >= 4 is 35.0 Å². The predicted octanol–water partition coefficient (Wildman–Crippen LogP) is 3.22. The van der Waals surface area contributed by atoms with Crippen LogP contribution >= 0.6 is 11.6 Å². The Morgan fingerprint density at radius 2 is 1.92 bits per heavy atom. The number of pyridine rings is 1. The van der Waals surface area contributed by atoms with Gasteiger partial charge in [0.25, 0.3) is 5.91 Å². The molecule has 0 aliphatic heterocycles. The highest BCUT2D eigenvalue weighted by Gasteiger charge is 2.13. The first-order valence-corrected chi connectivity index (χ1v) is 8.31. The van der Waals surface area contributed by atoms with Crippen molar-refractivity contribution < 1.29 is 19.1 Å². The normalized spacial score (nSPS) is 10.3. The van der Waals surface area contributed by atoms with Gasteiger partial charge in [-0.25, -0.2) is 9.78 Å². The average molecular weight is 378 g/mol. The van der Waals surface area contributed by atoms with E-state index in [0.717, 1.165) is 13.0 Å². The number of aromatic nitrogens is 1. The summed E-state index contributed by atoms with van der Waals surface area (Å²) in [4.78, 5) is 28.2. The molecule has 138 valence electrons. The molecule has 1 heterocycles. The molecule has 0 radical (unpaired) electrons. The van der Waals surface area contributed by atoms with Crippen molar-refractivity contribution in [1.29, 1.82) is 0 Å². The number of amides is 1. The first-order chi connectivity index (χ1) is 12.5. The van der Waals surface area contributed by atoms with Gasteiger partial charge in [0.15, 0.2) is 0 Å². The largest absolute Gasteiger partial charge is 0.465 e. The Morgan fingerprint density at radius 1 is 1.15 bits per heavy atom. The van der Waals surface area contributed by atoms with Crippen molar-refractivity contribution in [3.05, 3.63) is 52.7 Å². The van der Waals surface area contributed by atoms with E-state index in [1.807, 2.05) is 0 Å². The van der Waals surface area contributed by atoms with E-state index in [4.69, 9.17) is 16.3 Å². The molecule has 1 aromatic carbocycles. The number of ether oxygens (including phenoxy) is 2. The van der Waals surface area contributed by atoms with Crippen LogP contribution in [0.3, 0.4) is 0 Å². The number of anilines is 2. The summed E-state index contributed by atoms with van der Waals surface area (Å²) in [6, 6.07) is 7.88. The summed E-state index contributed by atoms with van der Waals surface area (Å²) in [7, 11) is 2.94. The molecule has 2 N–H and O–H groups in total. The average Bonchev–Trinajstić information content (AvgIpc) is 2.66. The molecule has 8 heteroatoms. The number of halogens is 1. The van der Waals surface area contributed by atoms with Gasteiger partial charge in [0.05, 0.1) is 28.9 Å². The second kappa shape index (κ2) is 9.74. The van der Waals surface area contributed by atoms with E-state index in [-0.39, 0.29) is 5.91 Å². The van der Waals surface area contributed by atoms with Gasteiger partial charge in [0.1, 0.15) is 5.82 Å². The van der Waals surface area contributed by atoms with E-state index in [1.54, 1.807) is 19.2 Å². The molecule has 0 aliphatic rings. The number of benzene rings is 1. The third kappa shape index (κ3) is 5.44. The lowest BCUT2D eigenvalue weighted by Crippen LogP contribution is -2.14. The minimum Gasteiger partial charge on any atom is -0.465 e. The number of carbonyl (C=O) groups excluding carboxylic acids is 2. The Balaban J connectivity index is 2.02. The number of hydrogen-bond acceptors (Lipinski definition) is 6. The number of hydrogen-bond donors (Lipinski definition) is 2. The monoisotopic (exact) mass is 377 g/mol. The highest BCUT2D eigenvalue weighted by molar-refractivity contribution is 6.34. The lowest BCUT2D eigenvalue weighted by Gasteiger charge is -2.10. The van der Waals surface area contributed by atoms with Crippen molar-refractivity contribution in [1.82, 2.24) is 4.98 Å². The topological polar surface area (TPSA) is 89.6 Å². The molecular weight excluding hydrogens is 358 g/mol. The van der Waals surface area contributed by atoms with Gasteiger partial charge in [0.2, 0.25) is 0 Å². The van der Waals surface area contributed by atoms with Crippen LogP contribution < -0.4 is 10.6 Å². The van der Waals surface area contributed by atoms with Gasteiger partial charge in [-0.3, -0.25) is 4.79 Å². The van der Waals surface area contributed by atoms with Gasteiger partial charge >= 0.3 is 5.97 Å². The van der Waals surface area contributed by atoms with Crippen LogP contribution in [-0.2, 0) is 9.47 Å². The fraction of sp³-hybridized carbons (Fsp3) is 0.278. The van der Waals surface area contributed by atoms with Gasteiger partial charge in [-0.15, -0.1) is 0 Å². The molecule has 0 spiro atoms. The Morgan fingerprint density at radius 3 is 2.58 bits per heavy atom. The van der Waals surface area contributed by atoms with Crippen molar-refractivity contribution in [3.63, 3.8) is 0 Å². The fourth-order valence-electron chi connectivity index (χ4n) is 2.13. The van der Waals surface area contributed by atoms with E-state index < -0.39 is 5.97 Å². The maximum Gasteiger partial charge on any atom is 0.337 e. The van der Waals surface area contributed by atoms with Crippen molar-refractivity contribution in [2.24, 2.45) is 0 Å². The summed E-state index contributed by atoms with van der Waals surface area (Å²) < 4.78 is 9.64. The summed E-state index contributed by atoms with van der Waals surface area (Å²) in [5, 5.41) is 6.12. The number of rotatable bonds is 8. The second-order valence-electron chi connectivity index (χ2n) is 5.35. The first kappa shape index (κ1) is 19.7. The van der Waals surface area contributed by atoms with E-state index in [1.165, 1.54) is 31.5 Å². The standard InChI is InChI=1S/C18H20ClN3O4/c1-25-9-3-8-20-16-7-5-13(11-21-16)17(23)22-15-10-12(18(24)26-2)4-6-14(15)19/h4-7,10-11H,3,8-9H2,1-2H3,(H,20,21)(H,22,23). The molecule has 2 rings (SSSR count). The minimum absolute atomic E-state index is 0.293. The van der Waals surface area contributed by atoms with Gasteiger partial charge < -0.3 is 20.1 Å². The number of nitrogens with zero attached hydrogens (tertiary/aromatic N) is 1. The molecule has 2 aromatic rings. The number of esters is 1. The fourth-order valence-corrected chi connectivity index (χ4v) is 2.29. The number of nitrogens with one attached hydrogen (secondary N) is 2. The molecule has 0 fully saturated rings. The summed E-state index contributed by atoms with van der Waals surface area (Å²) in [6.07, 6.45) is 2.32. The first-order valence-electron chi connectivity index (χ1n) is 7.93. The molecule has 0 unspecified atom stereocenters. The third-order valence-corrected chi connectivity index (χ3v) is 3.82. The van der Waals surface area contributed by atoms with Crippen LogP contribution in [-0.4, -0.2) is 44.2 Å². The Hall–Kier alpha value is -2.64. The summed E-state index contributed by atoms with van der Waals surface area (Å²) in [5.41, 5.74) is 0.981. The Labute approximate surface area is 156 Å². The Kier molecular flexibility index (Phi) is 7.37. The van der Waals surface area contributed by atoms with Crippen molar-refractivity contribution in [2.45, 2.75) is 6.42 Å². The van der Waals surface area contributed by atoms with Gasteiger partial charge in [0, 0.05) is 26.5 Å². The molecule has 7 nitrogen and oxygen atoms in total. The summed E-state index contributed by atoms with van der Waals surface area (Å²) in [6.45, 7) is 1.39. The minimum atomic E-state index is -0.511. The maximum absolute atomic E-state index is 12.4. The molecule has 1 amide bonds. The number of methoxy groups -OCH3 is 2. The highest BCUT2D eigenvalue weighted by Crippen LogP contribution is 2.24. The zero-order valence-corrected chi connectivity index (χ0v) is 15.3. The van der Waals surface area contributed by atoms with Crippen LogP contribution in [0.1, 0.15) is 27.1 Å². The Bertz CT molecular complexity index is 766. The summed E-state index contributed by atoms with van der Waals surface area (Å²) in [5.74, 6) is -0.224. The van der Waals surface area contributed by atoms with E-state index in [9.17, 15) is 9.59 Å². The lowest BCUT2D eigenvalue weighted by atomic mass is 10.2. The van der Waals surface area contributed by atoms with Crippen LogP contribution in [0.4, 0.5) is 11.5 Å². The zero-order valence-electron chi connectivity index (χ0n) is 14.5. The molecule has 1 aromatic heterocycles. The number of carbonyl (C=O) groups is 2. The van der Waals surface area contributed by atoms with Gasteiger partial charge in [-0.05, 0) is 36.8 Å². The van der Waals surface area contributed by atoms with Crippen LogP contribution in [0.5, 0.6) is 0 Å². The van der Waals surface area contributed by atoms with E-state index in [0.29, 0.717) is 34.3 Å². The lowest BCUT2D eigenvalue weighted by molar-refractivity contribution is 0.0600. The predicted molar refractivity (Wildman–Crippen MR) is 100.0 cm³/mol. The summed E-state index contributed by atoms with van der Waals surface area (Å²) >= 11 is 6.08. The van der Waals surface area contributed by atoms with Crippen LogP contribution in [0, 0.1) is 0 Å². The smallest absolute Gasteiger partial charge is 0.337 e. The maximum atomic E-state index is 12.4. The quantitative estimate of drug-likeness (QED) is 0.542. The van der Waals surface area contributed by atoms with Gasteiger partial charge in [-0.1, -0.05) is 11.6 Å².